The third-order valence-electron chi connectivity index (χ3n) is 2.16. The van der Waals surface area contributed by atoms with Crippen LogP contribution in [0.1, 0.15) is 23.9 Å². The molecule has 0 atom stereocenters. The predicted molar refractivity (Wildman–Crippen MR) is 75.5 cm³/mol. The largest absolute Gasteiger partial charge is 0.301 e. The fraction of sp³-hybridized carbons (Fsp3) is 0.364. The third kappa shape index (κ3) is 3.83. The summed E-state index contributed by atoms with van der Waals surface area (Å²) < 4.78 is 0.534. The topological polar surface area (TPSA) is 58.6 Å². The lowest BCUT2D eigenvalue weighted by Gasteiger charge is -2.01. The van der Waals surface area contributed by atoms with Crippen LogP contribution in [0.5, 0.6) is 0 Å². The average molecular weight is 302 g/mol. The highest BCUT2D eigenvalue weighted by Gasteiger charge is 2.04. The van der Waals surface area contributed by atoms with Gasteiger partial charge in [0.25, 0.3) is 5.56 Å². The Hall–Kier alpha value is -0.850. The molecule has 0 aliphatic heterocycles. The van der Waals surface area contributed by atoms with Crippen molar-refractivity contribution in [1.82, 2.24) is 15.0 Å². The van der Waals surface area contributed by atoms with Crippen LogP contribution in [0.4, 0.5) is 0 Å². The van der Waals surface area contributed by atoms with Crippen LogP contribution in [0, 0.1) is 0 Å². The molecule has 7 heteroatoms. The first-order valence-electron chi connectivity index (χ1n) is 5.50. The van der Waals surface area contributed by atoms with Gasteiger partial charge in [-0.1, -0.05) is 36.7 Å². The van der Waals surface area contributed by atoms with Gasteiger partial charge in [0.15, 0.2) is 9.62 Å². The van der Waals surface area contributed by atoms with Crippen LogP contribution in [-0.2, 0) is 12.2 Å². The lowest BCUT2D eigenvalue weighted by Crippen LogP contribution is -2.09. The molecule has 0 fully saturated rings. The van der Waals surface area contributed by atoms with E-state index in [0.29, 0.717) is 15.4 Å². The van der Waals surface area contributed by atoms with Gasteiger partial charge in [-0.3, -0.25) is 4.79 Å². The van der Waals surface area contributed by atoms with E-state index in [1.54, 1.807) is 12.3 Å². The first-order chi connectivity index (χ1) is 8.67. The van der Waals surface area contributed by atoms with E-state index in [0.717, 1.165) is 23.4 Å². The normalized spacial score (nSPS) is 10.8. The molecule has 2 aromatic rings. The molecule has 96 valence electrons. The van der Waals surface area contributed by atoms with Gasteiger partial charge in [-0.15, -0.1) is 11.3 Å². The SMILES string of the molecule is CCCc1cc(=O)[nH]c(SCc2cnc(Cl)s2)n1. The second kappa shape index (κ2) is 6.36. The number of hydrogen-bond donors (Lipinski definition) is 1. The van der Waals surface area contributed by atoms with E-state index in [2.05, 4.69) is 21.9 Å². The van der Waals surface area contributed by atoms with Gasteiger partial charge in [0, 0.05) is 28.6 Å². The number of hydrogen-bond acceptors (Lipinski definition) is 5. The molecule has 2 heterocycles. The van der Waals surface area contributed by atoms with Crippen LogP contribution in [0.15, 0.2) is 22.2 Å². The molecule has 4 nitrogen and oxygen atoms in total. The molecule has 0 radical (unpaired) electrons. The third-order valence-corrected chi connectivity index (χ3v) is 4.38. The summed E-state index contributed by atoms with van der Waals surface area (Å²) in [7, 11) is 0. The Kier molecular flexibility index (Phi) is 4.79. The van der Waals surface area contributed by atoms with Gasteiger partial charge in [-0.05, 0) is 6.42 Å². The molecule has 2 rings (SSSR count). The second-order valence-electron chi connectivity index (χ2n) is 3.66. The summed E-state index contributed by atoms with van der Waals surface area (Å²) in [5.74, 6) is 0.711. The second-order valence-corrected chi connectivity index (χ2v) is 6.32. The summed E-state index contributed by atoms with van der Waals surface area (Å²) in [5, 5.41) is 0.649. The number of H-pyrrole nitrogens is 1. The standard InChI is InChI=1S/C11H12ClN3OS2/c1-2-3-7-4-9(16)15-11(14-7)17-6-8-5-13-10(12)18-8/h4-5H,2-3,6H2,1H3,(H,14,15,16). The van der Waals surface area contributed by atoms with Crippen molar-refractivity contribution in [2.45, 2.75) is 30.7 Å². The number of halogens is 1. The Balaban J connectivity index is 2.06. The van der Waals surface area contributed by atoms with Gasteiger partial charge in [0.1, 0.15) is 0 Å². The van der Waals surface area contributed by atoms with Crippen molar-refractivity contribution in [3.63, 3.8) is 0 Å². The predicted octanol–water partition coefficient (Wildman–Crippen LogP) is 3.12. The molecule has 18 heavy (non-hydrogen) atoms. The van der Waals surface area contributed by atoms with Crippen LogP contribution < -0.4 is 5.56 Å². The smallest absolute Gasteiger partial charge is 0.251 e. The maximum absolute atomic E-state index is 11.5. The highest BCUT2D eigenvalue weighted by Crippen LogP contribution is 2.25. The molecule has 0 amide bonds. The van der Waals surface area contributed by atoms with Crippen LogP contribution in [-0.4, -0.2) is 15.0 Å². The van der Waals surface area contributed by atoms with Crippen molar-refractivity contribution < 1.29 is 0 Å². The summed E-state index contributed by atoms with van der Waals surface area (Å²) in [6, 6.07) is 1.55. The van der Waals surface area contributed by atoms with Gasteiger partial charge in [0.2, 0.25) is 0 Å². The summed E-state index contributed by atoms with van der Waals surface area (Å²) in [5.41, 5.74) is 0.740. The average Bonchev–Trinajstić information content (AvgIpc) is 2.72. The Morgan fingerprint density at radius 1 is 1.56 bits per heavy atom. The molecule has 0 saturated carbocycles. The Labute approximate surface area is 118 Å². The molecule has 0 bridgehead atoms. The van der Waals surface area contributed by atoms with E-state index in [-0.39, 0.29) is 5.56 Å². The van der Waals surface area contributed by atoms with Crippen molar-refractivity contribution in [2.24, 2.45) is 0 Å². The first-order valence-corrected chi connectivity index (χ1v) is 7.68. The van der Waals surface area contributed by atoms with Gasteiger partial charge in [-0.2, -0.15) is 0 Å². The van der Waals surface area contributed by atoms with E-state index in [9.17, 15) is 4.79 Å². The Morgan fingerprint density at radius 3 is 3.06 bits per heavy atom. The number of thiazole rings is 1. The van der Waals surface area contributed by atoms with E-state index >= 15 is 0 Å². The fourth-order valence-corrected chi connectivity index (χ4v) is 3.32. The van der Waals surface area contributed by atoms with E-state index in [1.807, 2.05) is 0 Å². The summed E-state index contributed by atoms with van der Waals surface area (Å²) in [6.07, 6.45) is 3.54. The van der Waals surface area contributed by atoms with Crippen molar-refractivity contribution in [2.75, 3.05) is 0 Å². The van der Waals surface area contributed by atoms with Crippen molar-refractivity contribution in [3.05, 3.63) is 37.7 Å². The minimum Gasteiger partial charge on any atom is -0.301 e. The Bertz CT molecular complexity index is 582. The van der Waals surface area contributed by atoms with Gasteiger partial charge >= 0.3 is 0 Å². The molecule has 0 saturated heterocycles. The molecule has 0 aromatic carbocycles. The van der Waals surface area contributed by atoms with Gasteiger partial charge in [0.05, 0.1) is 0 Å². The van der Waals surface area contributed by atoms with Crippen molar-refractivity contribution in [1.29, 1.82) is 0 Å². The highest BCUT2D eigenvalue weighted by atomic mass is 35.5. The van der Waals surface area contributed by atoms with Crippen molar-refractivity contribution >= 4 is 34.7 Å². The Morgan fingerprint density at radius 2 is 2.39 bits per heavy atom. The summed E-state index contributed by atoms with van der Waals surface area (Å²) in [6.45, 7) is 2.06. The number of aromatic amines is 1. The van der Waals surface area contributed by atoms with Crippen LogP contribution >= 0.6 is 34.7 Å². The zero-order valence-electron chi connectivity index (χ0n) is 9.77. The van der Waals surface area contributed by atoms with E-state index < -0.39 is 0 Å². The van der Waals surface area contributed by atoms with Gasteiger partial charge < -0.3 is 4.98 Å². The lowest BCUT2D eigenvalue weighted by atomic mass is 10.2. The lowest BCUT2D eigenvalue weighted by molar-refractivity contribution is 0.816. The van der Waals surface area contributed by atoms with Crippen LogP contribution in [0.25, 0.3) is 0 Å². The summed E-state index contributed by atoms with van der Waals surface area (Å²) in [4.78, 5) is 23.6. The molecule has 0 aliphatic rings. The molecule has 0 spiro atoms. The zero-order chi connectivity index (χ0) is 13.0. The number of rotatable bonds is 5. The maximum atomic E-state index is 11.5. The zero-order valence-corrected chi connectivity index (χ0v) is 12.2. The molecule has 1 N–H and O–H groups in total. The quantitative estimate of drug-likeness (QED) is 0.681. The highest BCUT2D eigenvalue weighted by molar-refractivity contribution is 7.98. The first kappa shape index (κ1) is 13.6. The molecule has 2 aromatic heterocycles. The summed E-state index contributed by atoms with van der Waals surface area (Å²) >= 11 is 8.68. The van der Waals surface area contributed by atoms with Gasteiger partial charge in [-0.25, -0.2) is 9.97 Å². The number of nitrogens with one attached hydrogen (secondary N) is 1. The minimum atomic E-state index is -0.0988. The van der Waals surface area contributed by atoms with Crippen molar-refractivity contribution in [3.8, 4) is 0 Å². The fourth-order valence-electron chi connectivity index (χ4n) is 1.43. The van der Waals surface area contributed by atoms with Crippen LogP contribution in [0.3, 0.4) is 0 Å². The van der Waals surface area contributed by atoms with E-state index in [4.69, 9.17) is 11.6 Å². The van der Waals surface area contributed by atoms with Crippen LogP contribution in [0.2, 0.25) is 4.47 Å². The van der Waals surface area contributed by atoms with E-state index in [1.165, 1.54) is 23.1 Å². The number of thioether (sulfide) groups is 1. The molecular formula is C11H12ClN3OS2. The minimum absolute atomic E-state index is 0.0988. The number of nitrogens with zero attached hydrogens (tertiary/aromatic N) is 2. The molecule has 0 aliphatic carbocycles. The monoisotopic (exact) mass is 301 g/mol. The number of aromatic nitrogens is 3. The maximum Gasteiger partial charge on any atom is 0.251 e. The molecular weight excluding hydrogens is 290 g/mol. The number of aryl methyl sites for hydroxylation is 1. The molecule has 0 unspecified atom stereocenters.